The van der Waals surface area contributed by atoms with E-state index in [4.69, 9.17) is 0 Å². The molecule has 86 valence electrons. The summed E-state index contributed by atoms with van der Waals surface area (Å²) in [5.41, 5.74) is 1.63. The maximum Gasteiger partial charge on any atom is 0.390 e. The summed E-state index contributed by atoms with van der Waals surface area (Å²) in [4.78, 5) is 4.72. The third-order valence-electron chi connectivity index (χ3n) is 1.90. The van der Waals surface area contributed by atoms with Gasteiger partial charge in [-0.3, -0.25) is 4.98 Å². The molecular formula is C9H13F3N2S. The smallest absolute Gasteiger partial charge is 0.314 e. The molecule has 1 aromatic heterocycles. The van der Waals surface area contributed by atoms with Gasteiger partial charge in [-0.15, -0.1) is 11.3 Å². The molecule has 0 saturated carbocycles. The Balaban J connectivity index is 2.51. The molecule has 0 radical (unpaired) electrons. The normalized spacial score (nSPS) is 14.1. The van der Waals surface area contributed by atoms with Gasteiger partial charge in [0.25, 0.3) is 0 Å². The van der Waals surface area contributed by atoms with Gasteiger partial charge in [-0.25, -0.2) is 0 Å². The molecule has 0 aromatic carbocycles. The molecule has 0 amide bonds. The summed E-state index contributed by atoms with van der Waals surface area (Å²) in [6, 6.07) is -0.546. The second-order valence-corrected chi connectivity index (χ2v) is 4.22. The maximum absolute atomic E-state index is 12.2. The topological polar surface area (TPSA) is 24.9 Å². The molecule has 6 heteroatoms. The molecule has 0 bridgehead atoms. The molecule has 0 aliphatic heterocycles. The number of hydrogen-bond donors (Lipinski definition) is 1. The molecule has 15 heavy (non-hydrogen) atoms. The first kappa shape index (κ1) is 12.4. The monoisotopic (exact) mass is 238 g/mol. The van der Waals surface area contributed by atoms with Gasteiger partial charge in [0.1, 0.15) is 0 Å². The van der Waals surface area contributed by atoms with Gasteiger partial charge < -0.3 is 5.32 Å². The molecule has 0 spiro atoms. The van der Waals surface area contributed by atoms with Crippen LogP contribution in [0.25, 0.3) is 0 Å². The van der Waals surface area contributed by atoms with Crippen LogP contribution in [0, 0.1) is 0 Å². The second kappa shape index (κ2) is 5.46. The summed E-state index contributed by atoms with van der Waals surface area (Å²) < 4.78 is 36.6. The van der Waals surface area contributed by atoms with Crippen molar-refractivity contribution in [2.24, 2.45) is 0 Å². The Hall–Kier alpha value is -0.620. The minimum atomic E-state index is -4.11. The number of thiazole rings is 1. The van der Waals surface area contributed by atoms with E-state index < -0.39 is 18.6 Å². The van der Waals surface area contributed by atoms with Crippen LogP contribution in [-0.4, -0.2) is 23.7 Å². The number of aromatic nitrogens is 1. The third-order valence-corrected chi connectivity index (χ3v) is 2.70. The lowest BCUT2D eigenvalue weighted by Crippen LogP contribution is -2.35. The Kier molecular flexibility index (Phi) is 4.53. The van der Waals surface area contributed by atoms with Gasteiger partial charge in [-0.1, -0.05) is 6.92 Å². The Bertz CT molecular complexity index is 271. The van der Waals surface area contributed by atoms with Gasteiger partial charge in [0.2, 0.25) is 0 Å². The molecule has 1 aromatic rings. The van der Waals surface area contributed by atoms with Crippen molar-refractivity contribution in [3.63, 3.8) is 0 Å². The molecule has 1 heterocycles. The lowest BCUT2D eigenvalue weighted by atomic mass is 10.1. The SMILES string of the molecule is CCNC(Cc1cncs1)CC(F)(F)F. The van der Waals surface area contributed by atoms with E-state index in [1.165, 1.54) is 11.3 Å². The van der Waals surface area contributed by atoms with Crippen molar-refractivity contribution in [3.05, 3.63) is 16.6 Å². The van der Waals surface area contributed by atoms with E-state index >= 15 is 0 Å². The van der Waals surface area contributed by atoms with Crippen molar-refractivity contribution in [1.29, 1.82) is 0 Å². The van der Waals surface area contributed by atoms with Crippen molar-refractivity contribution in [2.75, 3.05) is 6.54 Å². The van der Waals surface area contributed by atoms with Gasteiger partial charge >= 0.3 is 6.18 Å². The van der Waals surface area contributed by atoms with E-state index in [0.29, 0.717) is 13.0 Å². The summed E-state index contributed by atoms with van der Waals surface area (Å²) >= 11 is 1.38. The van der Waals surface area contributed by atoms with Crippen LogP contribution >= 0.6 is 11.3 Å². The van der Waals surface area contributed by atoms with Crippen LogP contribution in [0.15, 0.2) is 11.7 Å². The highest BCUT2D eigenvalue weighted by Gasteiger charge is 2.31. The highest BCUT2D eigenvalue weighted by atomic mass is 32.1. The fourth-order valence-electron chi connectivity index (χ4n) is 1.37. The standard InChI is InChI=1S/C9H13F3N2S/c1-2-14-7(4-9(10,11)12)3-8-5-13-6-15-8/h5-7,14H,2-4H2,1H3. The second-order valence-electron chi connectivity index (χ2n) is 3.25. The average Bonchev–Trinajstić information content (AvgIpc) is 2.54. The molecular weight excluding hydrogens is 225 g/mol. The molecule has 2 nitrogen and oxygen atoms in total. The number of rotatable bonds is 5. The highest BCUT2D eigenvalue weighted by Crippen LogP contribution is 2.23. The fourth-order valence-corrected chi connectivity index (χ4v) is 2.05. The Morgan fingerprint density at radius 1 is 1.53 bits per heavy atom. The first-order chi connectivity index (χ1) is 7.01. The number of alkyl halides is 3. The zero-order chi connectivity index (χ0) is 11.3. The maximum atomic E-state index is 12.2. The number of nitrogens with zero attached hydrogens (tertiary/aromatic N) is 1. The van der Waals surface area contributed by atoms with Gasteiger partial charge in [-0.05, 0) is 13.0 Å². The first-order valence-corrected chi connectivity index (χ1v) is 5.56. The van der Waals surface area contributed by atoms with Crippen LogP contribution in [0.1, 0.15) is 18.2 Å². The molecule has 1 unspecified atom stereocenters. The lowest BCUT2D eigenvalue weighted by molar-refractivity contribution is -0.139. The van der Waals surface area contributed by atoms with E-state index in [9.17, 15) is 13.2 Å². The summed E-state index contributed by atoms with van der Waals surface area (Å²) in [6.07, 6.45) is -2.90. The predicted octanol–water partition coefficient (Wildman–Crippen LogP) is 2.62. The average molecular weight is 238 g/mol. The van der Waals surface area contributed by atoms with E-state index in [1.807, 2.05) is 0 Å². The zero-order valence-electron chi connectivity index (χ0n) is 8.34. The third kappa shape index (κ3) is 5.13. The quantitative estimate of drug-likeness (QED) is 0.853. The Morgan fingerprint density at radius 3 is 2.73 bits per heavy atom. The van der Waals surface area contributed by atoms with Crippen LogP contribution in [0.5, 0.6) is 0 Å². The molecule has 0 aliphatic rings. The Morgan fingerprint density at radius 2 is 2.27 bits per heavy atom. The van der Waals surface area contributed by atoms with Crippen molar-refractivity contribution < 1.29 is 13.2 Å². The van der Waals surface area contributed by atoms with Crippen molar-refractivity contribution in [3.8, 4) is 0 Å². The molecule has 1 atom stereocenters. The van der Waals surface area contributed by atoms with Crippen molar-refractivity contribution in [2.45, 2.75) is 32.0 Å². The van der Waals surface area contributed by atoms with E-state index in [-0.39, 0.29) is 0 Å². The lowest BCUT2D eigenvalue weighted by Gasteiger charge is -2.18. The molecule has 1 N–H and O–H groups in total. The van der Waals surface area contributed by atoms with Crippen LogP contribution in [0.3, 0.4) is 0 Å². The van der Waals surface area contributed by atoms with E-state index in [1.54, 1.807) is 18.6 Å². The van der Waals surface area contributed by atoms with E-state index in [2.05, 4.69) is 10.3 Å². The minimum absolute atomic E-state index is 0.387. The van der Waals surface area contributed by atoms with Crippen LogP contribution in [-0.2, 0) is 6.42 Å². The van der Waals surface area contributed by atoms with Gasteiger partial charge in [0, 0.05) is 17.1 Å². The minimum Gasteiger partial charge on any atom is -0.314 e. The van der Waals surface area contributed by atoms with Crippen LogP contribution < -0.4 is 5.32 Å². The molecule has 0 aliphatic carbocycles. The molecule has 1 rings (SSSR count). The number of likely N-dealkylation sites (N-methyl/N-ethyl adjacent to an activating group) is 1. The van der Waals surface area contributed by atoms with Gasteiger partial charge in [0.05, 0.1) is 11.9 Å². The summed E-state index contributed by atoms with van der Waals surface area (Å²) in [5.74, 6) is 0. The largest absolute Gasteiger partial charge is 0.390 e. The van der Waals surface area contributed by atoms with Crippen molar-refractivity contribution >= 4 is 11.3 Å². The molecule has 0 saturated heterocycles. The van der Waals surface area contributed by atoms with E-state index in [0.717, 1.165) is 4.88 Å². The van der Waals surface area contributed by atoms with Crippen LogP contribution in [0.2, 0.25) is 0 Å². The van der Waals surface area contributed by atoms with Gasteiger partial charge in [-0.2, -0.15) is 13.2 Å². The van der Waals surface area contributed by atoms with Crippen molar-refractivity contribution in [1.82, 2.24) is 10.3 Å². The molecule has 0 fully saturated rings. The number of nitrogens with one attached hydrogen (secondary N) is 1. The highest BCUT2D eigenvalue weighted by molar-refractivity contribution is 7.09. The summed E-state index contributed by atoms with van der Waals surface area (Å²) in [5, 5.41) is 2.84. The Labute approximate surface area is 90.5 Å². The summed E-state index contributed by atoms with van der Waals surface area (Å²) in [7, 11) is 0. The zero-order valence-corrected chi connectivity index (χ0v) is 9.16. The van der Waals surface area contributed by atoms with Gasteiger partial charge in [0.15, 0.2) is 0 Å². The fraction of sp³-hybridized carbons (Fsp3) is 0.667. The number of halogens is 3. The predicted molar refractivity (Wildman–Crippen MR) is 54.0 cm³/mol. The summed E-state index contributed by atoms with van der Waals surface area (Å²) in [6.45, 7) is 2.34. The van der Waals surface area contributed by atoms with Crippen LogP contribution in [0.4, 0.5) is 13.2 Å². The first-order valence-electron chi connectivity index (χ1n) is 4.68. The number of hydrogen-bond acceptors (Lipinski definition) is 3.